The van der Waals surface area contributed by atoms with E-state index in [1.807, 2.05) is 27.7 Å². The summed E-state index contributed by atoms with van der Waals surface area (Å²) < 4.78 is 2.33. The van der Waals surface area contributed by atoms with Crippen molar-refractivity contribution in [3.63, 3.8) is 0 Å². The number of nitrogens with zero attached hydrogens (tertiary/aromatic N) is 1. The van der Waals surface area contributed by atoms with Crippen molar-refractivity contribution in [2.24, 2.45) is 7.05 Å². The maximum absolute atomic E-state index is 2.41. The van der Waals surface area contributed by atoms with Crippen molar-refractivity contribution < 1.29 is 0 Å². The van der Waals surface area contributed by atoms with Gasteiger partial charge in [-0.05, 0) is 61.1 Å². The normalized spacial score (nSPS) is 10.3. The minimum Gasteiger partial charge on any atom is -0.344 e. The third-order valence-electron chi connectivity index (χ3n) is 4.77. The molecule has 0 aliphatic rings. The number of hydrogen-bond acceptors (Lipinski definition) is 0. The first-order valence-corrected chi connectivity index (χ1v) is 10.7. The fourth-order valence-electron chi connectivity index (χ4n) is 3.39. The van der Waals surface area contributed by atoms with E-state index >= 15 is 0 Å². The largest absolute Gasteiger partial charge is 0.344 e. The monoisotopic (exact) mass is 353 g/mol. The molecule has 0 N–H and O–H groups in total. The highest BCUT2D eigenvalue weighted by Gasteiger charge is 2.09. The summed E-state index contributed by atoms with van der Waals surface area (Å²) in [5.74, 6) is 0. The van der Waals surface area contributed by atoms with Gasteiger partial charge in [0.2, 0.25) is 0 Å². The predicted molar refractivity (Wildman–Crippen MR) is 120 cm³/mol. The second-order valence-electron chi connectivity index (χ2n) is 6.47. The van der Waals surface area contributed by atoms with Crippen molar-refractivity contribution in [2.45, 2.75) is 80.1 Å². The molecule has 3 aromatic rings. The van der Waals surface area contributed by atoms with E-state index in [-0.39, 0.29) is 0 Å². The average molecular weight is 354 g/mol. The van der Waals surface area contributed by atoms with Gasteiger partial charge >= 0.3 is 0 Å². The van der Waals surface area contributed by atoms with E-state index in [9.17, 15) is 0 Å². The van der Waals surface area contributed by atoms with Crippen LogP contribution >= 0.6 is 0 Å². The van der Waals surface area contributed by atoms with Gasteiger partial charge in [-0.15, -0.1) is 0 Å². The lowest BCUT2D eigenvalue weighted by molar-refractivity contribution is 0.795. The molecule has 0 radical (unpaired) electrons. The van der Waals surface area contributed by atoms with Gasteiger partial charge in [-0.3, -0.25) is 0 Å². The van der Waals surface area contributed by atoms with Crippen LogP contribution in [-0.4, -0.2) is 4.57 Å². The second-order valence-corrected chi connectivity index (χ2v) is 6.47. The molecule has 3 rings (SSSR count). The summed E-state index contributed by atoms with van der Waals surface area (Å²) in [6, 6.07) is 14.0. The molecule has 144 valence electrons. The Labute approximate surface area is 161 Å². The molecule has 1 nitrogen and oxygen atoms in total. The van der Waals surface area contributed by atoms with Gasteiger partial charge in [-0.25, -0.2) is 0 Å². The highest BCUT2D eigenvalue weighted by Crippen LogP contribution is 2.30. The van der Waals surface area contributed by atoms with Crippen LogP contribution in [0.3, 0.4) is 0 Å². The zero-order valence-corrected chi connectivity index (χ0v) is 18.2. The summed E-state index contributed by atoms with van der Waals surface area (Å²) in [7, 11) is 2.18. The van der Waals surface area contributed by atoms with Crippen molar-refractivity contribution in [3.8, 4) is 0 Å². The van der Waals surface area contributed by atoms with Crippen LogP contribution in [0.25, 0.3) is 21.8 Å². The van der Waals surface area contributed by atoms with Crippen molar-refractivity contribution in [1.29, 1.82) is 0 Å². The van der Waals surface area contributed by atoms with Gasteiger partial charge in [-0.2, -0.15) is 0 Å². The molecule has 0 atom stereocenters. The number of aryl methyl sites for hydroxylation is 3. The Hall–Kier alpha value is -1.76. The van der Waals surface area contributed by atoms with Crippen LogP contribution in [0.4, 0.5) is 0 Å². The van der Waals surface area contributed by atoms with Gasteiger partial charge in [0, 0.05) is 28.9 Å². The lowest BCUT2D eigenvalue weighted by Gasteiger charge is -2.02. The van der Waals surface area contributed by atoms with Crippen LogP contribution in [-0.2, 0) is 19.9 Å². The molecule has 0 amide bonds. The van der Waals surface area contributed by atoms with Crippen LogP contribution in [0.5, 0.6) is 0 Å². The number of aromatic nitrogens is 1. The molecule has 0 saturated heterocycles. The quantitative estimate of drug-likeness (QED) is 0.422. The molecule has 0 unspecified atom stereocenters. The number of benzene rings is 2. The molecular formula is C25H39N. The van der Waals surface area contributed by atoms with Crippen LogP contribution < -0.4 is 0 Å². The topological polar surface area (TPSA) is 4.93 Å². The molecular weight excluding hydrogens is 314 g/mol. The maximum Gasteiger partial charge on any atom is 0.0488 e. The molecule has 0 aliphatic carbocycles. The highest BCUT2D eigenvalue weighted by atomic mass is 14.9. The Kier molecular flexibility index (Phi) is 10.1. The van der Waals surface area contributed by atoms with E-state index in [0.717, 1.165) is 0 Å². The molecule has 0 bridgehead atoms. The summed E-state index contributed by atoms with van der Waals surface area (Å²) in [5, 5.41) is 2.84. The summed E-state index contributed by atoms with van der Waals surface area (Å²) in [5.41, 5.74) is 5.65. The molecule has 0 fully saturated rings. The van der Waals surface area contributed by atoms with Gasteiger partial charge in [0.1, 0.15) is 0 Å². The number of unbranched alkanes of at least 4 members (excludes halogenated alkanes) is 2. The van der Waals surface area contributed by atoms with E-state index in [1.165, 1.54) is 71.5 Å². The zero-order valence-electron chi connectivity index (χ0n) is 18.2. The molecule has 0 aliphatic heterocycles. The Morgan fingerprint density at radius 1 is 0.654 bits per heavy atom. The Morgan fingerprint density at radius 3 is 1.38 bits per heavy atom. The molecule has 1 heteroatoms. The lowest BCUT2D eigenvalue weighted by Crippen LogP contribution is -1.88. The van der Waals surface area contributed by atoms with Crippen LogP contribution in [0.15, 0.2) is 36.4 Å². The first-order valence-electron chi connectivity index (χ1n) is 10.7. The first kappa shape index (κ1) is 22.3. The van der Waals surface area contributed by atoms with Gasteiger partial charge < -0.3 is 4.57 Å². The molecule has 1 aromatic heterocycles. The van der Waals surface area contributed by atoms with Crippen LogP contribution in [0.2, 0.25) is 0 Å². The van der Waals surface area contributed by atoms with Crippen molar-refractivity contribution in [3.05, 3.63) is 47.5 Å². The molecule has 26 heavy (non-hydrogen) atoms. The maximum atomic E-state index is 2.41. The summed E-state index contributed by atoms with van der Waals surface area (Å²) in [4.78, 5) is 0. The van der Waals surface area contributed by atoms with Crippen molar-refractivity contribution >= 4 is 21.8 Å². The van der Waals surface area contributed by atoms with Gasteiger partial charge in [0.25, 0.3) is 0 Å². The van der Waals surface area contributed by atoms with Gasteiger partial charge in [-0.1, -0.05) is 66.5 Å². The number of hydrogen-bond donors (Lipinski definition) is 0. The minimum absolute atomic E-state index is 1.19. The summed E-state index contributed by atoms with van der Waals surface area (Å²) in [6.45, 7) is 12.5. The summed E-state index contributed by atoms with van der Waals surface area (Å²) >= 11 is 0. The molecule has 0 saturated carbocycles. The highest BCUT2D eigenvalue weighted by molar-refractivity contribution is 6.08. The fraction of sp³-hybridized carbons (Fsp3) is 0.520. The van der Waals surface area contributed by atoms with Crippen LogP contribution in [0, 0.1) is 0 Å². The molecule has 1 heterocycles. The zero-order chi connectivity index (χ0) is 19.5. The van der Waals surface area contributed by atoms with E-state index < -0.39 is 0 Å². The van der Waals surface area contributed by atoms with Crippen LogP contribution in [0.1, 0.15) is 78.4 Å². The summed E-state index contributed by atoms with van der Waals surface area (Å²) in [6.07, 6.45) is 7.45. The van der Waals surface area contributed by atoms with Gasteiger partial charge in [0.15, 0.2) is 0 Å². The second kappa shape index (κ2) is 11.8. The molecule has 0 spiro atoms. The smallest absolute Gasteiger partial charge is 0.0488 e. The van der Waals surface area contributed by atoms with Crippen molar-refractivity contribution in [1.82, 2.24) is 4.57 Å². The van der Waals surface area contributed by atoms with Gasteiger partial charge in [0.05, 0.1) is 0 Å². The SMILES string of the molecule is CC.CC.CCCCc1ccc2c(c1)c1cc(CCCC)ccc1n2C. The number of fused-ring (bicyclic) bond motifs is 3. The Morgan fingerprint density at radius 2 is 1.04 bits per heavy atom. The van der Waals surface area contributed by atoms with E-state index in [2.05, 4.69) is 61.9 Å². The fourth-order valence-corrected chi connectivity index (χ4v) is 3.39. The van der Waals surface area contributed by atoms with E-state index in [0.29, 0.717) is 0 Å². The Bertz CT molecular complexity index is 714. The number of rotatable bonds is 6. The predicted octanol–water partition coefficient (Wildman–Crippen LogP) is 8.07. The Balaban J connectivity index is 0.000000791. The minimum atomic E-state index is 1.19. The average Bonchev–Trinajstić information content (AvgIpc) is 2.99. The third kappa shape index (κ3) is 5.13. The molecule has 2 aromatic carbocycles. The van der Waals surface area contributed by atoms with Crippen molar-refractivity contribution in [2.75, 3.05) is 0 Å². The standard InChI is InChI=1S/C21H27N.2C2H6/c1-4-6-8-16-10-12-20-18(14-16)19-15-17(9-7-5-2)11-13-21(19)22(20)3;2*1-2/h10-15H,4-9H2,1-3H3;2*1-2H3. The van der Waals surface area contributed by atoms with E-state index in [1.54, 1.807) is 0 Å². The first-order chi connectivity index (χ1) is 12.7. The third-order valence-corrected chi connectivity index (χ3v) is 4.77. The van der Waals surface area contributed by atoms with E-state index in [4.69, 9.17) is 0 Å². The lowest BCUT2D eigenvalue weighted by atomic mass is 10.0.